The van der Waals surface area contributed by atoms with E-state index < -0.39 is 11.7 Å². The van der Waals surface area contributed by atoms with Gasteiger partial charge in [-0.2, -0.15) is 5.26 Å². The maximum Gasteiger partial charge on any atom is 0.262 e. The minimum atomic E-state index is -0.547. The highest BCUT2D eigenvalue weighted by molar-refractivity contribution is 6.32. The monoisotopic (exact) mass is 424 g/mol. The van der Waals surface area contributed by atoms with E-state index >= 15 is 0 Å². The van der Waals surface area contributed by atoms with Crippen molar-refractivity contribution in [2.24, 2.45) is 0 Å². The summed E-state index contributed by atoms with van der Waals surface area (Å²) < 4.78 is 32.0. The molecule has 0 atom stereocenters. The predicted octanol–water partition coefficient (Wildman–Crippen LogP) is 5.70. The number of carbonyl (C=O) groups is 1. The first-order valence-electron chi connectivity index (χ1n) is 8.81. The number of anilines is 1. The molecule has 3 rings (SSSR count). The van der Waals surface area contributed by atoms with Crippen molar-refractivity contribution in [3.8, 4) is 11.8 Å². The summed E-state index contributed by atoms with van der Waals surface area (Å²) in [6, 6.07) is 18.2. The maximum absolute atomic E-state index is 13.6. The number of halogens is 3. The summed E-state index contributed by atoms with van der Waals surface area (Å²) in [6.07, 6.45) is 1.60. The van der Waals surface area contributed by atoms with Crippen molar-refractivity contribution in [2.45, 2.75) is 0 Å². The van der Waals surface area contributed by atoms with Crippen LogP contribution in [0.25, 0.3) is 11.6 Å². The molecule has 0 unspecified atom stereocenters. The molecule has 1 amide bonds. The molecule has 3 aromatic rings. The summed E-state index contributed by atoms with van der Waals surface area (Å²) in [5.74, 6) is -1.21. The maximum atomic E-state index is 13.6. The molecule has 1 N–H and O–H groups in total. The van der Waals surface area contributed by atoms with Crippen LogP contribution in [0.5, 0.6) is 5.75 Å². The van der Waals surface area contributed by atoms with E-state index in [2.05, 4.69) is 11.4 Å². The molecule has 0 fully saturated rings. The average Bonchev–Trinajstić information content (AvgIpc) is 2.74. The third-order valence-electron chi connectivity index (χ3n) is 4.05. The van der Waals surface area contributed by atoms with Crippen LogP contribution in [0.15, 0.2) is 66.7 Å². The Morgan fingerprint density at radius 3 is 2.50 bits per heavy atom. The number of para-hydroxylation sites is 1. The fraction of sp³-hybridized carbons (Fsp3) is 0.0435. The topological polar surface area (TPSA) is 62.1 Å². The van der Waals surface area contributed by atoms with Gasteiger partial charge in [-0.1, -0.05) is 41.9 Å². The van der Waals surface area contributed by atoms with E-state index in [0.29, 0.717) is 16.7 Å². The Morgan fingerprint density at radius 1 is 1.10 bits per heavy atom. The lowest BCUT2D eigenvalue weighted by atomic mass is 10.0. The third kappa shape index (κ3) is 5.43. The molecule has 0 heterocycles. The molecule has 0 saturated carbocycles. The standard InChI is InChI=1S/C23H15ClF2N2O2/c24-19-12-15(11-17(13-27)16-6-8-18(25)9-7-16)5-10-22(19)30-14-23(29)28-21-4-2-1-3-20(21)26/h1-12H,14H2,(H,28,29)/b17-11-. The Hall–Kier alpha value is -3.69. The highest BCUT2D eigenvalue weighted by Gasteiger charge is 2.10. The normalized spacial score (nSPS) is 10.9. The third-order valence-corrected chi connectivity index (χ3v) is 4.34. The van der Waals surface area contributed by atoms with E-state index in [0.717, 1.165) is 0 Å². The lowest BCUT2D eigenvalue weighted by Crippen LogP contribution is -2.20. The van der Waals surface area contributed by atoms with Gasteiger partial charge in [0.25, 0.3) is 5.91 Å². The van der Waals surface area contributed by atoms with E-state index in [1.165, 1.54) is 42.5 Å². The highest BCUT2D eigenvalue weighted by Crippen LogP contribution is 2.28. The van der Waals surface area contributed by atoms with Crippen LogP contribution in [0.4, 0.5) is 14.5 Å². The second-order valence-electron chi connectivity index (χ2n) is 6.18. The minimum Gasteiger partial charge on any atom is -0.482 e. The number of benzene rings is 3. The fourth-order valence-electron chi connectivity index (χ4n) is 2.59. The molecule has 0 saturated heterocycles. The van der Waals surface area contributed by atoms with Crippen molar-refractivity contribution in [3.05, 3.63) is 94.5 Å². The summed E-state index contributed by atoms with van der Waals surface area (Å²) in [5, 5.41) is 12.0. The quantitative estimate of drug-likeness (QED) is 0.408. The molecule has 7 heteroatoms. The number of hydrogen-bond donors (Lipinski definition) is 1. The van der Waals surface area contributed by atoms with Crippen molar-refractivity contribution in [3.63, 3.8) is 0 Å². The van der Waals surface area contributed by atoms with Gasteiger partial charge in [0.05, 0.1) is 22.4 Å². The van der Waals surface area contributed by atoms with Crippen LogP contribution < -0.4 is 10.1 Å². The lowest BCUT2D eigenvalue weighted by molar-refractivity contribution is -0.118. The number of nitriles is 1. The van der Waals surface area contributed by atoms with E-state index in [-0.39, 0.29) is 28.9 Å². The number of nitrogens with one attached hydrogen (secondary N) is 1. The molecule has 0 radical (unpaired) electrons. The van der Waals surface area contributed by atoms with Gasteiger partial charge in [0.15, 0.2) is 6.61 Å². The van der Waals surface area contributed by atoms with Gasteiger partial charge >= 0.3 is 0 Å². The number of nitrogens with zero attached hydrogens (tertiary/aromatic N) is 1. The summed E-state index contributed by atoms with van der Waals surface area (Å²) in [7, 11) is 0. The summed E-state index contributed by atoms with van der Waals surface area (Å²) in [5.41, 5.74) is 1.59. The largest absolute Gasteiger partial charge is 0.482 e. The molecule has 150 valence electrons. The molecule has 30 heavy (non-hydrogen) atoms. The van der Waals surface area contributed by atoms with Crippen LogP contribution in [0, 0.1) is 23.0 Å². The van der Waals surface area contributed by atoms with Crippen molar-refractivity contribution in [1.82, 2.24) is 0 Å². The van der Waals surface area contributed by atoms with Gasteiger partial charge < -0.3 is 10.1 Å². The molecule has 0 spiro atoms. The van der Waals surface area contributed by atoms with Gasteiger partial charge in [-0.3, -0.25) is 4.79 Å². The van der Waals surface area contributed by atoms with Gasteiger partial charge in [-0.15, -0.1) is 0 Å². The molecule has 0 aromatic heterocycles. The molecular formula is C23H15ClF2N2O2. The Kier molecular flexibility index (Phi) is 6.79. The van der Waals surface area contributed by atoms with Crippen LogP contribution in [0.1, 0.15) is 11.1 Å². The van der Waals surface area contributed by atoms with Gasteiger partial charge in [-0.25, -0.2) is 8.78 Å². The molecule has 3 aromatic carbocycles. The van der Waals surface area contributed by atoms with Crippen molar-refractivity contribution < 1.29 is 18.3 Å². The first-order chi connectivity index (χ1) is 14.5. The van der Waals surface area contributed by atoms with Crippen molar-refractivity contribution in [1.29, 1.82) is 5.26 Å². The first kappa shape index (κ1) is 21.0. The highest BCUT2D eigenvalue weighted by atomic mass is 35.5. The number of amides is 1. The average molecular weight is 425 g/mol. The van der Waals surface area contributed by atoms with E-state index in [1.807, 2.05) is 0 Å². The lowest BCUT2D eigenvalue weighted by Gasteiger charge is -2.10. The van der Waals surface area contributed by atoms with Crippen LogP contribution in [0.2, 0.25) is 5.02 Å². The van der Waals surface area contributed by atoms with E-state index in [9.17, 15) is 18.8 Å². The molecule has 0 aliphatic carbocycles. The Balaban J connectivity index is 1.67. The van der Waals surface area contributed by atoms with Crippen LogP contribution in [-0.2, 0) is 4.79 Å². The molecule has 0 aliphatic heterocycles. The number of hydrogen-bond acceptors (Lipinski definition) is 3. The molecule has 0 aliphatic rings. The van der Waals surface area contributed by atoms with E-state index in [4.69, 9.17) is 16.3 Å². The van der Waals surface area contributed by atoms with Crippen molar-refractivity contribution >= 4 is 34.8 Å². The Bertz CT molecular complexity index is 1140. The Labute approximate surface area is 177 Å². The van der Waals surface area contributed by atoms with Gasteiger partial charge in [-0.05, 0) is 53.6 Å². The zero-order chi connectivity index (χ0) is 21.5. The summed E-state index contributed by atoms with van der Waals surface area (Å²) in [4.78, 5) is 12.0. The Morgan fingerprint density at radius 2 is 1.83 bits per heavy atom. The molecular weight excluding hydrogens is 410 g/mol. The number of carbonyl (C=O) groups excluding carboxylic acids is 1. The van der Waals surface area contributed by atoms with Crippen LogP contribution in [0.3, 0.4) is 0 Å². The fourth-order valence-corrected chi connectivity index (χ4v) is 2.84. The van der Waals surface area contributed by atoms with Crippen LogP contribution >= 0.6 is 11.6 Å². The smallest absolute Gasteiger partial charge is 0.262 e. The summed E-state index contributed by atoms with van der Waals surface area (Å²) >= 11 is 6.21. The predicted molar refractivity (Wildman–Crippen MR) is 112 cm³/mol. The second kappa shape index (κ2) is 9.68. The van der Waals surface area contributed by atoms with Gasteiger partial charge in [0, 0.05) is 0 Å². The second-order valence-corrected chi connectivity index (χ2v) is 6.59. The molecule has 0 bridgehead atoms. The number of rotatable bonds is 6. The molecule has 4 nitrogen and oxygen atoms in total. The zero-order valence-corrected chi connectivity index (χ0v) is 16.3. The van der Waals surface area contributed by atoms with Crippen molar-refractivity contribution in [2.75, 3.05) is 11.9 Å². The van der Waals surface area contributed by atoms with E-state index in [1.54, 1.807) is 30.3 Å². The SMILES string of the molecule is N#C/C(=C/c1ccc(OCC(=O)Nc2ccccc2F)c(Cl)c1)c1ccc(F)cc1. The first-order valence-corrected chi connectivity index (χ1v) is 9.18. The van der Waals surface area contributed by atoms with Gasteiger partial charge in [0.1, 0.15) is 17.4 Å². The number of allylic oxidation sites excluding steroid dienone is 1. The number of ether oxygens (including phenoxy) is 1. The summed E-state index contributed by atoms with van der Waals surface area (Å²) in [6.45, 7) is -0.359. The van der Waals surface area contributed by atoms with Crippen LogP contribution in [-0.4, -0.2) is 12.5 Å². The van der Waals surface area contributed by atoms with Gasteiger partial charge in [0.2, 0.25) is 0 Å². The zero-order valence-electron chi connectivity index (χ0n) is 15.5. The minimum absolute atomic E-state index is 0.0579.